The molecule has 1 heterocycles. The first-order chi connectivity index (χ1) is 12.3. The zero-order valence-corrected chi connectivity index (χ0v) is 14.3. The van der Waals surface area contributed by atoms with Gasteiger partial charge in [-0.05, 0) is 30.3 Å². The molecule has 0 radical (unpaired) electrons. The van der Waals surface area contributed by atoms with Gasteiger partial charge in [0.15, 0.2) is 0 Å². The summed E-state index contributed by atoms with van der Waals surface area (Å²) in [6.07, 6.45) is 0. The molecule has 0 aliphatic carbocycles. The van der Waals surface area contributed by atoms with Crippen molar-refractivity contribution in [1.82, 2.24) is 10.3 Å². The van der Waals surface area contributed by atoms with Crippen LogP contribution in [0.2, 0.25) is 0 Å². The molecule has 0 saturated heterocycles. The van der Waals surface area contributed by atoms with Crippen molar-refractivity contribution in [1.29, 1.82) is 0 Å². The quantitative estimate of drug-likeness (QED) is 0.718. The molecule has 25 heavy (non-hydrogen) atoms. The fraction of sp³-hybridized carbons (Fsp3) is 0.100. The topological polar surface area (TPSA) is 51.2 Å². The maximum absolute atomic E-state index is 12.2. The van der Waals surface area contributed by atoms with Crippen LogP contribution in [-0.4, -0.2) is 17.4 Å². The lowest BCUT2D eigenvalue weighted by Gasteiger charge is -2.06. The first-order valence-electron chi connectivity index (χ1n) is 7.73. The smallest absolute Gasteiger partial charge is 0.252 e. The molecule has 1 N–H and O–H groups in total. The van der Waals surface area contributed by atoms with Crippen LogP contribution in [-0.2, 0) is 6.61 Å². The number of ether oxygens (including phenoxy) is 1. The van der Waals surface area contributed by atoms with Crippen LogP contribution in [0.5, 0.6) is 5.75 Å². The number of hydrogen-bond acceptors (Lipinski definition) is 4. The first kappa shape index (κ1) is 16.7. The van der Waals surface area contributed by atoms with E-state index in [1.807, 2.05) is 41.8 Å². The van der Waals surface area contributed by atoms with Gasteiger partial charge in [-0.25, -0.2) is 4.98 Å². The summed E-state index contributed by atoms with van der Waals surface area (Å²) in [4.78, 5) is 16.4. The number of rotatable bonds is 5. The molecule has 3 aromatic rings. The Balaban J connectivity index is 1.53. The number of amides is 1. The van der Waals surface area contributed by atoms with Crippen LogP contribution in [0.15, 0.2) is 65.5 Å². The van der Waals surface area contributed by atoms with E-state index in [1.54, 1.807) is 23.7 Å². The van der Waals surface area contributed by atoms with Crippen LogP contribution in [0.4, 0.5) is 0 Å². The number of carbonyl (C=O) groups excluding carboxylic acids is 1. The van der Waals surface area contributed by atoms with Crippen LogP contribution in [0.3, 0.4) is 0 Å². The minimum Gasteiger partial charge on any atom is -0.487 e. The summed E-state index contributed by atoms with van der Waals surface area (Å²) >= 11 is 1.52. The van der Waals surface area contributed by atoms with E-state index < -0.39 is 0 Å². The Morgan fingerprint density at radius 3 is 2.84 bits per heavy atom. The molecular weight excluding hydrogens is 332 g/mol. The Bertz CT molecular complexity index is 881. The predicted molar refractivity (Wildman–Crippen MR) is 98.5 cm³/mol. The molecule has 3 rings (SSSR count). The van der Waals surface area contributed by atoms with Gasteiger partial charge in [0.25, 0.3) is 5.91 Å². The van der Waals surface area contributed by atoms with E-state index in [9.17, 15) is 4.79 Å². The van der Waals surface area contributed by atoms with Gasteiger partial charge in [-0.1, -0.05) is 36.1 Å². The molecule has 1 aromatic heterocycles. The number of benzene rings is 2. The summed E-state index contributed by atoms with van der Waals surface area (Å²) in [5.74, 6) is 6.40. The van der Waals surface area contributed by atoms with Crippen molar-refractivity contribution in [3.05, 3.63) is 82.3 Å². The van der Waals surface area contributed by atoms with Gasteiger partial charge in [-0.15, -0.1) is 11.3 Å². The van der Waals surface area contributed by atoms with E-state index in [2.05, 4.69) is 22.1 Å². The zero-order chi connectivity index (χ0) is 17.3. The van der Waals surface area contributed by atoms with Gasteiger partial charge in [-0.2, -0.15) is 0 Å². The maximum atomic E-state index is 12.2. The van der Waals surface area contributed by atoms with Gasteiger partial charge < -0.3 is 10.1 Å². The van der Waals surface area contributed by atoms with Crippen molar-refractivity contribution in [3.8, 4) is 17.6 Å². The van der Waals surface area contributed by atoms with Gasteiger partial charge in [0.2, 0.25) is 0 Å². The van der Waals surface area contributed by atoms with Gasteiger partial charge in [-0.3, -0.25) is 4.79 Å². The molecule has 0 fully saturated rings. The maximum Gasteiger partial charge on any atom is 0.252 e. The van der Waals surface area contributed by atoms with E-state index in [0.29, 0.717) is 17.9 Å². The van der Waals surface area contributed by atoms with Crippen LogP contribution in [0.1, 0.15) is 21.6 Å². The second kappa shape index (κ2) is 8.67. The lowest BCUT2D eigenvalue weighted by atomic mass is 10.2. The molecule has 0 unspecified atom stereocenters. The van der Waals surface area contributed by atoms with Crippen molar-refractivity contribution in [2.45, 2.75) is 6.61 Å². The summed E-state index contributed by atoms with van der Waals surface area (Å²) < 4.78 is 5.66. The van der Waals surface area contributed by atoms with E-state index in [1.165, 1.54) is 11.3 Å². The Labute approximate surface area is 150 Å². The van der Waals surface area contributed by atoms with Crippen LogP contribution < -0.4 is 10.1 Å². The number of thiazole rings is 1. The molecule has 0 atom stereocenters. The molecule has 0 saturated carbocycles. The third kappa shape index (κ3) is 5.20. The summed E-state index contributed by atoms with van der Waals surface area (Å²) in [5.41, 5.74) is 4.10. The Morgan fingerprint density at radius 2 is 2.04 bits per heavy atom. The molecule has 0 bridgehead atoms. The van der Waals surface area contributed by atoms with Crippen molar-refractivity contribution in [2.75, 3.05) is 6.54 Å². The average Bonchev–Trinajstić information content (AvgIpc) is 3.18. The summed E-state index contributed by atoms with van der Waals surface area (Å²) in [6, 6.07) is 16.7. The number of aromatic nitrogens is 1. The van der Waals surface area contributed by atoms with Gasteiger partial charge in [0.05, 0.1) is 17.7 Å². The number of nitrogens with zero attached hydrogens (tertiary/aromatic N) is 1. The summed E-state index contributed by atoms with van der Waals surface area (Å²) in [7, 11) is 0. The second-order valence-corrected chi connectivity index (χ2v) is 5.87. The van der Waals surface area contributed by atoms with Crippen molar-refractivity contribution in [2.24, 2.45) is 0 Å². The number of hydrogen-bond donors (Lipinski definition) is 1. The predicted octanol–water partition coefficient (Wildman–Crippen LogP) is 3.50. The van der Waals surface area contributed by atoms with E-state index in [0.717, 1.165) is 11.3 Å². The molecule has 124 valence electrons. The molecule has 4 nitrogen and oxygen atoms in total. The molecular formula is C20H16N2O2S. The lowest BCUT2D eigenvalue weighted by molar-refractivity contribution is 0.0958. The largest absolute Gasteiger partial charge is 0.487 e. The minimum atomic E-state index is -0.179. The molecule has 0 spiro atoms. The van der Waals surface area contributed by atoms with E-state index >= 15 is 0 Å². The van der Waals surface area contributed by atoms with Gasteiger partial charge >= 0.3 is 0 Å². The Morgan fingerprint density at radius 1 is 1.16 bits per heavy atom. The highest BCUT2D eigenvalue weighted by Crippen LogP contribution is 2.15. The fourth-order valence-electron chi connectivity index (χ4n) is 2.09. The number of nitrogens with one attached hydrogen (secondary N) is 1. The third-order valence-corrected chi connectivity index (χ3v) is 3.95. The molecule has 2 aromatic carbocycles. The van der Waals surface area contributed by atoms with Gasteiger partial charge in [0.1, 0.15) is 12.4 Å². The monoisotopic (exact) mass is 348 g/mol. The van der Waals surface area contributed by atoms with Crippen molar-refractivity contribution in [3.63, 3.8) is 0 Å². The molecule has 0 aliphatic heterocycles. The second-order valence-electron chi connectivity index (χ2n) is 5.15. The van der Waals surface area contributed by atoms with E-state index in [-0.39, 0.29) is 12.5 Å². The third-order valence-electron chi connectivity index (χ3n) is 3.31. The van der Waals surface area contributed by atoms with Crippen molar-refractivity contribution >= 4 is 17.2 Å². The zero-order valence-electron chi connectivity index (χ0n) is 13.4. The van der Waals surface area contributed by atoms with Crippen LogP contribution >= 0.6 is 11.3 Å². The first-order valence-corrected chi connectivity index (χ1v) is 8.67. The van der Waals surface area contributed by atoms with Crippen molar-refractivity contribution < 1.29 is 9.53 Å². The molecule has 5 heteroatoms. The molecule has 1 amide bonds. The fourth-order valence-corrected chi connectivity index (χ4v) is 2.63. The highest BCUT2D eigenvalue weighted by atomic mass is 32.1. The number of carbonyl (C=O) groups is 1. The normalized spacial score (nSPS) is 9.76. The standard InChI is InChI=1S/C20H16N2O2S/c23-20(21-11-5-8-16-6-2-1-3-7-16)17-9-4-10-19(12-17)24-13-18-14-25-15-22-18/h1-4,6-7,9-10,12,14-15H,11,13H2,(H,21,23). The van der Waals surface area contributed by atoms with E-state index in [4.69, 9.17) is 4.74 Å². The highest BCUT2D eigenvalue weighted by molar-refractivity contribution is 7.07. The Hall–Kier alpha value is -3.10. The average molecular weight is 348 g/mol. The highest BCUT2D eigenvalue weighted by Gasteiger charge is 2.06. The SMILES string of the molecule is O=C(NCC#Cc1ccccc1)c1cccc(OCc2cscn2)c1. The summed E-state index contributed by atoms with van der Waals surface area (Å²) in [5, 5.41) is 4.72. The lowest BCUT2D eigenvalue weighted by Crippen LogP contribution is -2.23. The minimum absolute atomic E-state index is 0.179. The summed E-state index contributed by atoms with van der Waals surface area (Å²) in [6.45, 7) is 0.675. The molecule has 0 aliphatic rings. The van der Waals surface area contributed by atoms with Gasteiger partial charge in [0, 0.05) is 16.5 Å². The Kier molecular flexibility index (Phi) is 5.81. The van der Waals surface area contributed by atoms with Crippen LogP contribution in [0, 0.1) is 11.8 Å². The van der Waals surface area contributed by atoms with Crippen LogP contribution in [0.25, 0.3) is 0 Å².